The van der Waals surface area contributed by atoms with Crippen molar-refractivity contribution in [2.24, 2.45) is 23.7 Å². The fraction of sp³-hybridized carbons (Fsp3) is 0.840. The van der Waals surface area contributed by atoms with E-state index in [4.69, 9.17) is 9.57 Å². The highest BCUT2D eigenvalue weighted by molar-refractivity contribution is 6.03. The first-order valence-corrected chi connectivity index (χ1v) is 13.3. The molecule has 10 nitrogen and oxygen atoms in total. The molecule has 3 fully saturated rings. The summed E-state index contributed by atoms with van der Waals surface area (Å²) in [5.74, 6) is -1.95. The first kappa shape index (κ1) is 27.4. The number of urea groups is 1. The second-order valence-corrected chi connectivity index (χ2v) is 10.5. The van der Waals surface area contributed by atoms with E-state index < -0.39 is 36.0 Å². The lowest BCUT2D eigenvalue weighted by Gasteiger charge is -2.30. The molecule has 2 heterocycles. The van der Waals surface area contributed by atoms with E-state index >= 15 is 0 Å². The van der Waals surface area contributed by atoms with Crippen LogP contribution in [0.2, 0.25) is 0 Å². The van der Waals surface area contributed by atoms with Crippen LogP contribution in [-0.2, 0) is 24.0 Å². The Hall–Kier alpha value is -2.20. The molecule has 1 unspecified atom stereocenters. The Kier molecular flexibility index (Phi) is 10.8. The average Bonchev–Trinajstić information content (AvgIpc) is 3.17. The molecule has 0 radical (unpaired) electrons. The van der Waals surface area contributed by atoms with E-state index in [0.717, 1.165) is 25.7 Å². The molecule has 3 atom stereocenters. The molecule has 3 aliphatic rings. The van der Waals surface area contributed by atoms with Crippen molar-refractivity contribution in [2.75, 3.05) is 13.2 Å². The summed E-state index contributed by atoms with van der Waals surface area (Å²) in [6.07, 6.45) is 11.2. The van der Waals surface area contributed by atoms with Crippen LogP contribution in [0.4, 0.5) is 4.79 Å². The van der Waals surface area contributed by atoms with E-state index in [2.05, 4.69) is 16.2 Å². The van der Waals surface area contributed by atoms with Crippen LogP contribution in [0.15, 0.2) is 0 Å². The number of nitrogens with zero attached hydrogens (tertiary/aromatic N) is 1. The lowest BCUT2D eigenvalue weighted by atomic mass is 9.79. The van der Waals surface area contributed by atoms with Crippen LogP contribution in [0.1, 0.15) is 90.9 Å². The van der Waals surface area contributed by atoms with Crippen LogP contribution in [0.25, 0.3) is 0 Å². The molecular formula is C25H42N4O6. The van der Waals surface area contributed by atoms with E-state index in [1.54, 1.807) is 0 Å². The van der Waals surface area contributed by atoms with Gasteiger partial charge in [-0.15, -0.1) is 0 Å². The van der Waals surface area contributed by atoms with E-state index in [9.17, 15) is 19.2 Å². The van der Waals surface area contributed by atoms with Gasteiger partial charge in [-0.3, -0.25) is 19.8 Å². The zero-order valence-electron chi connectivity index (χ0n) is 21.2. The molecule has 3 rings (SSSR count). The maximum atomic E-state index is 13.3. The Balaban J connectivity index is 1.68. The van der Waals surface area contributed by atoms with Crippen LogP contribution < -0.4 is 16.2 Å². The average molecular weight is 495 g/mol. The van der Waals surface area contributed by atoms with Gasteiger partial charge in [0, 0.05) is 13.0 Å². The number of ether oxygens (including phenoxy) is 1. The van der Waals surface area contributed by atoms with Crippen molar-refractivity contribution in [3.63, 3.8) is 0 Å². The van der Waals surface area contributed by atoms with Crippen LogP contribution in [0.3, 0.4) is 0 Å². The Morgan fingerprint density at radius 2 is 1.80 bits per heavy atom. The second-order valence-electron chi connectivity index (χ2n) is 10.5. The van der Waals surface area contributed by atoms with Gasteiger partial charge in [0.15, 0.2) is 6.29 Å². The molecule has 10 heteroatoms. The molecule has 2 aliphatic heterocycles. The van der Waals surface area contributed by atoms with Gasteiger partial charge in [-0.05, 0) is 37.5 Å². The monoisotopic (exact) mass is 494 g/mol. The zero-order chi connectivity index (χ0) is 25.2. The summed E-state index contributed by atoms with van der Waals surface area (Å²) >= 11 is 0. The molecule has 0 aromatic rings. The van der Waals surface area contributed by atoms with Gasteiger partial charge in [-0.25, -0.2) is 15.1 Å². The zero-order valence-corrected chi connectivity index (χ0v) is 21.2. The number of imide groups is 1. The van der Waals surface area contributed by atoms with Crippen molar-refractivity contribution in [2.45, 2.75) is 97.2 Å². The number of hydrogen-bond acceptors (Lipinski definition) is 6. The molecule has 1 aliphatic carbocycles. The lowest BCUT2D eigenvalue weighted by molar-refractivity contribution is -0.203. The number of hydrogen-bond donors (Lipinski definition) is 3. The summed E-state index contributed by atoms with van der Waals surface area (Å²) in [4.78, 5) is 56.2. The quantitative estimate of drug-likeness (QED) is 0.283. The highest BCUT2D eigenvalue weighted by Crippen LogP contribution is 2.31. The fourth-order valence-electron chi connectivity index (χ4n) is 5.31. The van der Waals surface area contributed by atoms with Crippen molar-refractivity contribution >= 4 is 23.8 Å². The van der Waals surface area contributed by atoms with E-state index in [1.165, 1.54) is 32.1 Å². The Labute approximate surface area is 208 Å². The molecule has 0 spiro atoms. The number of nitrogens with one attached hydrogen (secondary N) is 3. The smallest absolute Gasteiger partial charge is 0.343 e. The fourth-order valence-corrected chi connectivity index (χ4v) is 5.31. The number of carbonyl (C=O) groups excluding carboxylic acids is 4. The first-order chi connectivity index (χ1) is 16.8. The van der Waals surface area contributed by atoms with Crippen molar-refractivity contribution in [1.29, 1.82) is 0 Å². The number of carbonyl (C=O) groups is 4. The van der Waals surface area contributed by atoms with Gasteiger partial charge in [0.1, 0.15) is 6.54 Å². The summed E-state index contributed by atoms with van der Waals surface area (Å²) in [7, 11) is 0. The summed E-state index contributed by atoms with van der Waals surface area (Å²) in [6.45, 7) is 4.40. The number of hydrazine groups is 1. The lowest BCUT2D eigenvalue weighted by Crippen LogP contribution is -2.51. The summed E-state index contributed by atoms with van der Waals surface area (Å²) in [6, 6.07) is -0.664. The van der Waals surface area contributed by atoms with E-state index in [0.29, 0.717) is 36.8 Å². The summed E-state index contributed by atoms with van der Waals surface area (Å²) < 4.78 is 5.55. The maximum Gasteiger partial charge on any atom is 0.343 e. The predicted octanol–water partition coefficient (Wildman–Crippen LogP) is 3.17. The molecular weight excluding hydrogens is 452 g/mol. The molecule has 2 saturated heterocycles. The maximum absolute atomic E-state index is 13.3. The number of rotatable bonds is 12. The molecule has 198 valence electrons. The third-order valence-corrected chi connectivity index (χ3v) is 7.23. The predicted molar refractivity (Wildman–Crippen MR) is 128 cm³/mol. The Bertz CT molecular complexity index is 717. The highest BCUT2D eigenvalue weighted by Gasteiger charge is 2.38. The van der Waals surface area contributed by atoms with Gasteiger partial charge in [0.2, 0.25) is 11.8 Å². The number of hydroxylamine groups is 1. The van der Waals surface area contributed by atoms with Gasteiger partial charge < -0.3 is 10.1 Å². The van der Waals surface area contributed by atoms with Crippen molar-refractivity contribution in [1.82, 2.24) is 21.2 Å². The van der Waals surface area contributed by atoms with E-state index in [1.807, 2.05) is 13.8 Å². The van der Waals surface area contributed by atoms with Gasteiger partial charge in [-0.1, -0.05) is 58.8 Å². The Morgan fingerprint density at radius 1 is 1.06 bits per heavy atom. The van der Waals surface area contributed by atoms with Crippen molar-refractivity contribution < 1.29 is 28.8 Å². The SMILES string of the molecule is CC(C)C[C@@H](C(=O)NN1C(=O)CNC1=O)[C@H](CCCC1CCCCC1)C(=O)NOC1CCCCO1. The molecule has 5 amide bonds. The van der Waals surface area contributed by atoms with Crippen LogP contribution in [0.5, 0.6) is 0 Å². The van der Waals surface area contributed by atoms with Gasteiger partial charge in [-0.2, -0.15) is 5.01 Å². The number of amides is 5. The van der Waals surface area contributed by atoms with E-state index in [-0.39, 0.29) is 18.4 Å². The normalized spacial score (nSPS) is 23.2. The minimum Gasteiger partial charge on any atom is -0.350 e. The van der Waals surface area contributed by atoms with Crippen LogP contribution >= 0.6 is 0 Å². The molecule has 35 heavy (non-hydrogen) atoms. The van der Waals surface area contributed by atoms with Gasteiger partial charge in [0.25, 0.3) is 5.91 Å². The van der Waals surface area contributed by atoms with Crippen LogP contribution in [0, 0.1) is 23.7 Å². The topological polar surface area (TPSA) is 126 Å². The Morgan fingerprint density at radius 3 is 2.43 bits per heavy atom. The molecule has 0 aromatic carbocycles. The standard InChI is InChI=1S/C25H42N4O6/c1-17(2)15-20(23(31)27-29-21(30)16-26-25(29)33)19(12-8-11-18-9-4-3-5-10-18)24(32)28-35-22-13-6-7-14-34-22/h17-20,22H,3-16H2,1-2H3,(H,26,33)(H,27,31)(H,28,32)/t19-,20+,22?/m0/s1. The largest absolute Gasteiger partial charge is 0.350 e. The summed E-state index contributed by atoms with van der Waals surface area (Å²) in [5.41, 5.74) is 5.01. The van der Waals surface area contributed by atoms with Crippen LogP contribution in [-0.4, -0.2) is 48.2 Å². The minimum atomic E-state index is -0.710. The minimum absolute atomic E-state index is 0.130. The highest BCUT2D eigenvalue weighted by atomic mass is 16.8. The molecule has 0 bridgehead atoms. The molecule has 0 aromatic heterocycles. The van der Waals surface area contributed by atoms with Gasteiger partial charge in [0.05, 0.1) is 11.8 Å². The summed E-state index contributed by atoms with van der Waals surface area (Å²) in [5, 5.41) is 3.10. The third-order valence-electron chi connectivity index (χ3n) is 7.23. The third kappa shape index (κ3) is 8.45. The molecule has 1 saturated carbocycles. The molecule has 3 N–H and O–H groups in total. The van der Waals surface area contributed by atoms with Gasteiger partial charge >= 0.3 is 6.03 Å². The van der Waals surface area contributed by atoms with Crippen molar-refractivity contribution in [3.05, 3.63) is 0 Å². The first-order valence-electron chi connectivity index (χ1n) is 13.3. The second kappa shape index (κ2) is 13.8. The van der Waals surface area contributed by atoms with Crippen molar-refractivity contribution in [3.8, 4) is 0 Å².